The molecule has 0 spiro atoms. The first-order chi connectivity index (χ1) is 9.13. The minimum Gasteiger partial charge on any atom is -0.297 e. The van der Waals surface area contributed by atoms with E-state index in [1.807, 2.05) is 0 Å². The van der Waals surface area contributed by atoms with Crippen LogP contribution in [0.25, 0.3) is 0 Å². The van der Waals surface area contributed by atoms with E-state index >= 15 is 0 Å². The molecule has 5 nitrogen and oxygen atoms in total. The molecule has 7 heteroatoms. The lowest BCUT2D eigenvalue weighted by molar-refractivity contribution is 0.103. The number of carbonyl (C=O) groups is 1. The van der Waals surface area contributed by atoms with Gasteiger partial charge in [0.05, 0.1) is 11.4 Å². The van der Waals surface area contributed by atoms with Crippen LogP contribution in [0.1, 0.15) is 39.3 Å². The molecular formula is C12H14N4OS2. The number of fused-ring (bicyclic) bond motifs is 1. The molecule has 1 aliphatic rings. The Kier molecular flexibility index (Phi) is 3.32. The Morgan fingerprint density at radius 3 is 3.05 bits per heavy atom. The van der Waals surface area contributed by atoms with Crippen molar-refractivity contribution in [2.24, 2.45) is 5.92 Å². The predicted molar refractivity (Wildman–Crippen MR) is 75.9 cm³/mol. The molecule has 19 heavy (non-hydrogen) atoms. The SMILES string of the molecule is Cc1nnsc1C(=O)Nc1nc2c(s1)C[C@@H](C)CC2. The number of hydrogen-bond acceptors (Lipinski definition) is 6. The minimum absolute atomic E-state index is 0.161. The summed E-state index contributed by atoms with van der Waals surface area (Å²) in [6, 6.07) is 0. The Bertz CT molecular complexity index is 619. The van der Waals surface area contributed by atoms with E-state index in [2.05, 4.69) is 26.8 Å². The highest BCUT2D eigenvalue weighted by atomic mass is 32.1. The number of hydrogen-bond donors (Lipinski definition) is 1. The van der Waals surface area contributed by atoms with Gasteiger partial charge in [0.1, 0.15) is 4.88 Å². The Hall–Kier alpha value is -1.34. The van der Waals surface area contributed by atoms with Gasteiger partial charge >= 0.3 is 0 Å². The zero-order valence-electron chi connectivity index (χ0n) is 10.8. The number of aromatic nitrogens is 3. The number of nitrogens with zero attached hydrogens (tertiary/aromatic N) is 3. The monoisotopic (exact) mass is 294 g/mol. The first-order valence-corrected chi connectivity index (χ1v) is 7.81. The number of nitrogens with one attached hydrogen (secondary N) is 1. The molecule has 1 atom stereocenters. The Labute approximate surface area is 119 Å². The van der Waals surface area contributed by atoms with Gasteiger partial charge in [0.2, 0.25) is 0 Å². The third-order valence-corrected chi connectivity index (χ3v) is 5.13. The summed E-state index contributed by atoms with van der Waals surface area (Å²) in [5.74, 6) is 0.552. The summed E-state index contributed by atoms with van der Waals surface area (Å²) in [4.78, 5) is 18.4. The second kappa shape index (κ2) is 4.97. The number of amides is 1. The van der Waals surface area contributed by atoms with Gasteiger partial charge in [-0.3, -0.25) is 10.1 Å². The lowest BCUT2D eigenvalue weighted by Gasteiger charge is -2.15. The molecule has 0 radical (unpaired) electrons. The van der Waals surface area contributed by atoms with E-state index in [-0.39, 0.29) is 5.91 Å². The van der Waals surface area contributed by atoms with Crippen LogP contribution in [0.3, 0.4) is 0 Å². The molecule has 0 saturated heterocycles. The van der Waals surface area contributed by atoms with Crippen molar-refractivity contribution in [2.75, 3.05) is 5.32 Å². The van der Waals surface area contributed by atoms with Crippen molar-refractivity contribution < 1.29 is 4.79 Å². The van der Waals surface area contributed by atoms with Gasteiger partial charge in [-0.2, -0.15) is 0 Å². The molecule has 0 aromatic carbocycles. The quantitative estimate of drug-likeness (QED) is 0.924. The third-order valence-electron chi connectivity index (χ3n) is 3.26. The van der Waals surface area contributed by atoms with Gasteiger partial charge in [0.15, 0.2) is 5.13 Å². The number of carbonyl (C=O) groups excluding carboxylic acids is 1. The van der Waals surface area contributed by atoms with E-state index < -0.39 is 0 Å². The number of thiazole rings is 1. The summed E-state index contributed by atoms with van der Waals surface area (Å²) in [7, 11) is 0. The molecular weight excluding hydrogens is 280 g/mol. The highest BCUT2D eigenvalue weighted by molar-refractivity contribution is 7.16. The topological polar surface area (TPSA) is 67.8 Å². The van der Waals surface area contributed by atoms with Crippen LogP contribution in [0.5, 0.6) is 0 Å². The number of anilines is 1. The highest BCUT2D eigenvalue weighted by Crippen LogP contribution is 2.32. The summed E-state index contributed by atoms with van der Waals surface area (Å²) in [6.07, 6.45) is 3.27. The average molecular weight is 294 g/mol. The van der Waals surface area contributed by atoms with Crippen molar-refractivity contribution in [2.45, 2.75) is 33.1 Å². The molecule has 1 N–H and O–H groups in total. The Morgan fingerprint density at radius 1 is 1.47 bits per heavy atom. The van der Waals surface area contributed by atoms with Crippen molar-refractivity contribution in [3.8, 4) is 0 Å². The molecule has 0 bridgehead atoms. The van der Waals surface area contributed by atoms with Crippen LogP contribution in [-0.4, -0.2) is 20.5 Å². The van der Waals surface area contributed by atoms with Gasteiger partial charge in [-0.25, -0.2) is 4.98 Å². The van der Waals surface area contributed by atoms with E-state index in [0.717, 1.165) is 30.1 Å². The van der Waals surface area contributed by atoms with Crippen LogP contribution in [-0.2, 0) is 12.8 Å². The fourth-order valence-corrected chi connectivity index (χ4v) is 3.91. The van der Waals surface area contributed by atoms with Crippen molar-refractivity contribution in [1.82, 2.24) is 14.6 Å². The number of rotatable bonds is 2. The second-order valence-electron chi connectivity index (χ2n) is 4.88. The first kappa shape index (κ1) is 12.7. The van der Waals surface area contributed by atoms with Crippen molar-refractivity contribution in [3.63, 3.8) is 0 Å². The Morgan fingerprint density at radius 2 is 2.32 bits per heavy atom. The summed E-state index contributed by atoms with van der Waals surface area (Å²) < 4.78 is 3.77. The van der Waals surface area contributed by atoms with Gasteiger partial charge < -0.3 is 0 Å². The third kappa shape index (κ3) is 2.52. The van der Waals surface area contributed by atoms with E-state index in [0.29, 0.717) is 21.6 Å². The molecule has 1 amide bonds. The summed E-state index contributed by atoms with van der Waals surface area (Å²) in [5.41, 5.74) is 1.81. The van der Waals surface area contributed by atoms with Crippen LogP contribution >= 0.6 is 22.9 Å². The molecule has 0 unspecified atom stereocenters. The molecule has 2 aromatic rings. The molecule has 1 aliphatic carbocycles. The van der Waals surface area contributed by atoms with Crippen LogP contribution in [0.4, 0.5) is 5.13 Å². The maximum atomic E-state index is 12.1. The summed E-state index contributed by atoms with van der Waals surface area (Å²) >= 11 is 2.71. The van der Waals surface area contributed by atoms with Crippen molar-refractivity contribution in [3.05, 3.63) is 21.1 Å². The molecule has 2 heterocycles. The van der Waals surface area contributed by atoms with E-state index in [1.165, 1.54) is 11.3 Å². The first-order valence-electron chi connectivity index (χ1n) is 6.22. The lowest BCUT2D eigenvalue weighted by Crippen LogP contribution is -2.11. The maximum Gasteiger partial charge on any atom is 0.271 e. The number of aryl methyl sites for hydroxylation is 2. The lowest BCUT2D eigenvalue weighted by atomic mass is 9.93. The average Bonchev–Trinajstić information content (AvgIpc) is 2.94. The molecule has 0 fully saturated rings. The van der Waals surface area contributed by atoms with Gasteiger partial charge in [-0.15, -0.1) is 16.4 Å². The van der Waals surface area contributed by atoms with Crippen LogP contribution in [0.2, 0.25) is 0 Å². The van der Waals surface area contributed by atoms with E-state index in [4.69, 9.17) is 0 Å². The molecule has 0 aliphatic heterocycles. The van der Waals surface area contributed by atoms with Gasteiger partial charge in [-0.05, 0) is 43.6 Å². The zero-order valence-corrected chi connectivity index (χ0v) is 12.4. The van der Waals surface area contributed by atoms with Crippen LogP contribution < -0.4 is 5.32 Å². The van der Waals surface area contributed by atoms with Crippen LogP contribution in [0.15, 0.2) is 0 Å². The van der Waals surface area contributed by atoms with Gasteiger partial charge in [0, 0.05) is 4.88 Å². The fourth-order valence-electron chi connectivity index (χ4n) is 2.19. The normalized spacial score (nSPS) is 18.1. The molecule has 3 rings (SSSR count). The minimum atomic E-state index is -0.161. The van der Waals surface area contributed by atoms with Gasteiger partial charge in [-0.1, -0.05) is 11.4 Å². The largest absolute Gasteiger partial charge is 0.297 e. The second-order valence-corrected chi connectivity index (χ2v) is 6.72. The van der Waals surface area contributed by atoms with Crippen LogP contribution in [0, 0.1) is 12.8 Å². The Balaban J connectivity index is 1.78. The summed E-state index contributed by atoms with van der Waals surface area (Å²) in [5, 5.41) is 7.39. The van der Waals surface area contributed by atoms with Crippen molar-refractivity contribution >= 4 is 33.9 Å². The standard InChI is InChI=1S/C12H14N4OS2/c1-6-3-4-8-9(5-6)18-12(13-8)14-11(17)10-7(2)15-16-19-10/h6H,3-5H2,1-2H3,(H,13,14,17)/t6-/m0/s1. The fraction of sp³-hybridized carbons (Fsp3) is 0.500. The molecule has 100 valence electrons. The molecule has 2 aromatic heterocycles. The smallest absolute Gasteiger partial charge is 0.271 e. The maximum absolute atomic E-state index is 12.1. The zero-order chi connectivity index (χ0) is 13.4. The molecule has 0 saturated carbocycles. The van der Waals surface area contributed by atoms with E-state index in [1.54, 1.807) is 18.3 Å². The van der Waals surface area contributed by atoms with E-state index in [9.17, 15) is 4.79 Å². The van der Waals surface area contributed by atoms with Crippen molar-refractivity contribution in [1.29, 1.82) is 0 Å². The van der Waals surface area contributed by atoms with Gasteiger partial charge in [0.25, 0.3) is 5.91 Å². The summed E-state index contributed by atoms with van der Waals surface area (Å²) in [6.45, 7) is 4.04. The highest BCUT2D eigenvalue weighted by Gasteiger charge is 2.21. The predicted octanol–water partition coefficient (Wildman–Crippen LogP) is 2.68.